The van der Waals surface area contributed by atoms with Crippen LogP contribution in [0.15, 0.2) is 34.7 Å². The van der Waals surface area contributed by atoms with E-state index in [2.05, 4.69) is 5.32 Å². The predicted molar refractivity (Wildman–Crippen MR) is 84.7 cm³/mol. The van der Waals surface area contributed by atoms with E-state index in [-0.39, 0.29) is 0 Å². The van der Waals surface area contributed by atoms with Crippen LogP contribution in [0.5, 0.6) is 5.75 Å². The van der Waals surface area contributed by atoms with Crippen LogP contribution in [0.25, 0.3) is 0 Å². The number of carbonyl (C=O) groups excluding carboxylic acids is 2. The second-order valence-electron chi connectivity index (χ2n) is 5.09. The van der Waals surface area contributed by atoms with Crippen molar-refractivity contribution in [3.63, 3.8) is 0 Å². The summed E-state index contributed by atoms with van der Waals surface area (Å²) in [6.07, 6.45) is -0.931. The molecule has 0 bridgehead atoms. The molecule has 0 aliphatic rings. The number of hydrogen-bond acceptors (Lipinski definition) is 5. The maximum Gasteiger partial charge on any atom is 0.342 e. The molecule has 1 heterocycles. The summed E-state index contributed by atoms with van der Waals surface area (Å²) in [6.45, 7) is 4.92. The first-order chi connectivity index (χ1) is 10.9. The molecule has 0 saturated heterocycles. The summed E-state index contributed by atoms with van der Waals surface area (Å²) < 4.78 is 15.5. The van der Waals surface area contributed by atoms with Crippen molar-refractivity contribution in [2.75, 3.05) is 12.4 Å². The Kier molecular flexibility index (Phi) is 5.05. The van der Waals surface area contributed by atoms with Gasteiger partial charge in [-0.2, -0.15) is 0 Å². The van der Waals surface area contributed by atoms with E-state index in [0.29, 0.717) is 28.5 Å². The molecule has 0 saturated carbocycles. The van der Waals surface area contributed by atoms with Gasteiger partial charge in [-0.15, -0.1) is 0 Å². The predicted octanol–water partition coefficient (Wildman–Crippen LogP) is 3.09. The van der Waals surface area contributed by atoms with Crippen LogP contribution in [0.2, 0.25) is 0 Å². The molecule has 2 aromatic rings. The third kappa shape index (κ3) is 4.12. The summed E-state index contributed by atoms with van der Waals surface area (Å²) in [4.78, 5) is 24.1. The van der Waals surface area contributed by atoms with E-state index in [4.69, 9.17) is 13.9 Å². The third-order valence-corrected chi connectivity index (χ3v) is 3.27. The zero-order chi connectivity index (χ0) is 17.0. The van der Waals surface area contributed by atoms with Crippen molar-refractivity contribution in [1.82, 2.24) is 0 Å². The number of carbonyl (C=O) groups is 2. The topological polar surface area (TPSA) is 77.8 Å². The van der Waals surface area contributed by atoms with Crippen LogP contribution in [-0.2, 0) is 9.53 Å². The minimum absolute atomic E-state index is 0.326. The number of aryl methyl sites for hydroxylation is 2. The van der Waals surface area contributed by atoms with Crippen molar-refractivity contribution in [1.29, 1.82) is 0 Å². The molecule has 0 aliphatic carbocycles. The van der Waals surface area contributed by atoms with Gasteiger partial charge in [-0.05, 0) is 51.1 Å². The number of anilines is 1. The van der Waals surface area contributed by atoms with E-state index in [1.54, 1.807) is 51.3 Å². The maximum absolute atomic E-state index is 12.1. The van der Waals surface area contributed by atoms with Crippen molar-refractivity contribution in [2.45, 2.75) is 26.9 Å². The van der Waals surface area contributed by atoms with Crippen LogP contribution in [0.1, 0.15) is 28.8 Å². The third-order valence-electron chi connectivity index (χ3n) is 3.27. The van der Waals surface area contributed by atoms with Crippen LogP contribution >= 0.6 is 0 Å². The number of ether oxygens (including phenoxy) is 2. The fourth-order valence-electron chi connectivity index (χ4n) is 2.03. The molecule has 1 unspecified atom stereocenters. The molecular weight excluding hydrogens is 298 g/mol. The Bertz CT molecular complexity index is 702. The van der Waals surface area contributed by atoms with Crippen LogP contribution < -0.4 is 10.1 Å². The van der Waals surface area contributed by atoms with E-state index in [1.807, 2.05) is 0 Å². The smallest absolute Gasteiger partial charge is 0.342 e. The van der Waals surface area contributed by atoms with Gasteiger partial charge in [-0.1, -0.05) is 0 Å². The highest BCUT2D eigenvalue weighted by Crippen LogP contribution is 2.17. The number of esters is 1. The Morgan fingerprint density at radius 1 is 1.17 bits per heavy atom. The molecule has 2 rings (SSSR count). The van der Waals surface area contributed by atoms with Gasteiger partial charge in [-0.3, -0.25) is 4.79 Å². The minimum Gasteiger partial charge on any atom is -0.497 e. The Labute approximate surface area is 134 Å². The largest absolute Gasteiger partial charge is 0.497 e. The molecule has 23 heavy (non-hydrogen) atoms. The van der Waals surface area contributed by atoms with Gasteiger partial charge in [0.15, 0.2) is 6.10 Å². The lowest BCUT2D eigenvalue weighted by Gasteiger charge is -2.13. The Balaban J connectivity index is 1.96. The molecule has 1 N–H and O–H groups in total. The molecule has 0 fully saturated rings. The van der Waals surface area contributed by atoms with Gasteiger partial charge < -0.3 is 19.2 Å². The molecule has 1 atom stereocenters. The monoisotopic (exact) mass is 317 g/mol. The second kappa shape index (κ2) is 7.00. The molecular formula is C17H19NO5. The first-order valence-electron chi connectivity index (χ1n) is 7.13. The Hall–Kier alpha value is -2.76. The highest BCUT2D eigenvalue weighted by atomic mass is 16.5. The lowest BCUT2D eigenvalue weighted by molar-refractivity contribution is -0.123. The van der Waals surface area contributed by atoms with Gasteiger partial charge in [0.1, 0.15) is 22.8 Å². The number of furan rings is 1. The number of benzene rings is 1. The molecule has 122 valence electrons. The maximum atomic E-state index is 12.1. The average molecular weight is 317 g/mol. The zero-order valence-electron chi connectivity index (χ0n) is 13.5. The lowest BCUT2D eigenvalue weighted by atomic mass is 10.2. The SMILES string of the molecule is COc1ccc(NC(=O)C(C)OC(=O)c2cc(C)oc2C)cc1. The van der Waals surface area contributed by atoms with E-state index in [0.717, 1.165) is 0 Å². The summed E-state index contributed by atoms with van der Waals surface area (Å²) in [6, 6.07) is 8.45. The average Bonchev–Trinajstić information content (AvgIpc) is 2.86. The highest BCUT2D eigenvalue weighted by molar-refractivity contribution is 5.97. The van der Waals surface area contributed by atoms with Gasteiger partial charge in [0.05, 0.1) is 7.11 Å². The van der Waals surface area contributed by atoms with Gasteiger partial charge in [0, 0.05) is 5.69 Å². The van der Waals surface area contributed by atoms with Gasteiger partial charge in [0.2, 0.25) is 0 Å². The standard InChI is InChI=1S/C17H19NO5/c1-10-9-15(11(2)22-10)17(20)23-12(3)16(19)18-13-5-7-14(21-4)8-6-13/h5-9,12H,1-4H3,(H,18,19). The van der Waals surface area contributed by atoms with E-state index >= 15 is 0 Å². The van der Waals surface area contributed by atoms with Crippen molar-refractivity contribution < 1.29 is 23.5 Å². The van der Waals surface area contributed by atoms with Crippen molar-refractivity contribution in [3.05, 3.63) is 47.4 Å². The summed E-state index contributed by atoms with van der Waals surface area (Å²) >= 11 is 0. The molecule has 1 aromatic carbocycles. The molecule has 0 radical (unpaired) electrons. The summed E-state index contributed by atoms with van der Waals surface area (Å²) in [5.41, 5.74) is 0.917. The van der Waals surface area contributed by atoms with E-state index < -0.39 is 18.0 Å². The second-order valence-corrected chi connectivity index (χ2v) is 5.09. The first kappa shape index (κ1) is 16.6. The number of methoxy groups -OCH3 is 1. The van der Waals surface area contributed by atoms with E-state index in [1.165, 1.54) is 6.92 Å². The summed E-state index contributed by atoms with van der Waals surface area (Å²) in [5, 5.41) is 2.67. The summed E-state index contributed by atoms with van der Waals surface area (Å²) in [5.74, 6) is 0.770. The Morgan fingerprint density at radius 3 is 2.35 bits per heavy atom. The number of hydrogen-bond donors (Lipinski definition) is 1. The number of rotatable bonds is 5. The van der Waals surface area contributed by atoms with Gasteiger partial charge in [-0.25, -0.2) is 4.79 Å². The quantitative estimate of drug-likeness (QED) is 0.857. The molecule has 6 nitrogen and oxygen atoms in total. The molecule has 0 spiro atoms. The molecule has 6 heteroatoms. The first-order valence-corrected chi connectivity index (χ1v) is 7.13. The highest BCUT2D eigenvalue weighted by Gasteiger charge is 2.22. The molecule has 0 aliphatic heterocycles. The van der Waals surface area contributed by atoms with Crippen LogP contribution in [0.3, 0.4) is 0 Å². The normalized spacial score (nSPS) is 11.7. The van der Waals surface area contributed by atoms with Crippen molar-refractivity contribution in [3.8, 4) is 5.75 Å². The number of nitrogens with one attached hydrogen (secondary N) is 1. The van der Waals surface area contributed by atoms with Crippen molar-refractivity contribution >= 4 is 17.6 Å². The minimum atomic E-state index is -0.931. The summed E-state index contributed by atoms with van der Waals surface area (Å²) in [7, 11) is 1.56. The molecule has 1 aromatic heterocycles. The van der Waals surface area contributed by atoms with Crippen molar-refractivity contribution in [2.24, 2.45) is 0 Å². The molecule has 1 amide bonds. The van der Waals surface area contributed by atoms with E-state index in [9.17, 15) is 9.59 Å². The van der Waals surface area contributed by atoms with Gasteiger partial charge >= 0.3 is 5.97 Å². The zero-order valence-corrected chi connectivity index (χ0v) is 13.5. The van der Waals surface area contributed by atoms with Crippen LogP contribution in [-0.4, -0.2) is 25.1 Å². The lowest BCUT2D eigenvalue weighted by Crippen LogP contribution is -2.30. The van der Waals surface area contributed by atoms with Gasteiger partial charge in [0.25, 0.3) is 5.91 Å². The van der Waals surface area contributed by atoms with Crippen LogP contribution in [0, 0.1) is 13.8 Å². The number of amides is 1. The fourth-order valence-corrected chi connectivity index (χ4v) is 2.03. The van der Waals surface area contributed by atoms with Crippen LogP contribution in [0.4, 0.5) is 5.69 Å². The fraction of sp³-hybridized carbons (Fsp3) is 0.294. The Morgan fingerprint density at radius 2 is 1.83 bits per heavy atom.